The summed E-state index contributed by atoms with van der Waals surface area (Å²) in [6.45, 7) is 0.284. The van der Waals surface area contributed by atoms with Gasteiger partial charge in [-0.05, 0) is 42.6 Å². The number of hydrogen-bond acceptors (Lipinski definition) is 3. The van der Waals surface area contributed by atoms with Gasteiger partial charge < -0.3 is 9.47 Å². The van der Waals surface area contributed by atoms with Gasteiger partial charge in [-0.2, -0.15) is 0 Å². The van der Waals surface area contributed by atoms with Crippen LogP contribution in [-0.4, -0.2) is 12.3 Å². The number of allylic oxidation sites excluding steroid dienone is 2. The third kappa shape index (κ3) is 2.35. The van der Waals surface area contributed by atoms with Crippen LogP contribution in [0, 0.1) is 23.7 Å². The Bertz CT molecular complexity index is 551. The van der Waals surface area contributed by atoms with E-state index in [0.717, 1.165) is 23.8 Å². The van der Waals surface area contributed by atoms with Crippen LogP contribution in [0.25, 0.3) is 0 Å². The van der Waals surface area contributed by atoms with Gasteiger partial charge in [-0.15, -0.1) is 0 Å². The summed E-state index contributed by atoms with van der Waals surface area (Å²) in [5.74, 6) is 2.70. The van der Waals surface area contributed by atoms with Crippen molar-refractivity contribution in [1.82, 2.24) is 0 Å². The van der Waals surface area contributed by atoms with E-state index in [1.165, 1.54) is 12.8 Å². The summed E-state index contributed by atoms with van der Waals surface area (Å²) in [6, 6.07) is 9.71. The molecule has 3 nitrogen and oxygen atoms in total. The van der Waals surface area contributed by atoms with E-state index in [2.05, 4.69) is 12.2 Å². The summed E-state index contributed by atoms with van der Waals surface area (Å²) in [4.78, 5) is 11.9. The molecule has 0 aromatic heterocycles. The van der Waals surface area contributed by atoms with Crippen LogP contribution < -0.4 is 0 Å². The Morgan fingerprint density at radius 3 is 2.86 bits per heavy atom. The molecule has 0 radical (unpaired) electrons. The van der Waals surface area contributed by atoms with E-state index < -0.39 is 6.16 Å². The predicted octanol–water partition coefficient (Wildman–Crippen LogP) is 3.94. The zero-order valence-electron chi connectivity index (χ0n) is 12.0. The topological polar surface area (TPSA) is 35.5 Å². The highest BCUT2D eigenvalue weighted by Crippen LogP contribution is 2.57. The molecule has 0 spiro atoms. The Balaban J connectivity index is 1.31. The number of ether oxygens (including phenoxy) is 2. The summed E-state index contributed by atoms with van der Waals surface area (Å²) in [7, 11) is 0. The standard InChI is InChI=1S/C18H20O3/c19-18(20-11-12-5-2-1-3-6-12)21-17-10-13-9-16(17)15-8-4-7-14(13)15/h1-6,8,13-17H,7,9-11H2. The first-order valence-corrected chi connectivity index (χ1v) is 7.85. The second-order valence-electron chi connectivity index (χ2n) is 6.48. The molecule has 2 bridgehead atoms. The number of rotatable bonds is 3. The maximum atomic E-state index is 11.9. The van der Waals surface area contributed by atoms with Crippen LogP contribution in [0.3, 0.4) is 0 Å². The van der Waals surface area contributed by atoms with E-state index in [9.17, 15) is 4.79 Å². The van der Waals surface area contributed by atoms with Crippen molar-refractivity contribution in [2.45, 2.75) is 32.0 Å². The quantitative estimate of drug-likeness (QED) is 0.623. The molecule has 2 fully saturated rings. The Kier molecular flexibility index (Phi) is 3.21. The fraction of sp³-hybridized carbons (Fsp3) is 0.500. The van der Waals surface area contributed by atoms with Crippen molar-refractivity contribution in [1.29, 1.82) is 0 Å². The fourth-order valence-corrected chi connectivity index (χ4v) is 4.49. The van der Waals surface area contributed by atoms with E-state index in [-0.39, 0.29) is 12.7 Å². The fourth-order valence-electron chi connectivity index (χ4n) is 4.49. The van der Waals surface area contributed by atoms with Gasteiger partial charge in [0.1, 0.15) is 12.7 Å². The molecule has 0 amide bonds. The van der Waals surface area contributed by atoms with E-state index in [0.29, 0.717) is 11.8 Å². The van der Waals surface area contributed by atoms with Crippen molar-refractivity contribution < 1.29 is 14.3 Å². The minimum atomic E-state index is -0.519. The second kappa shape index (κ2) is 5.21. The largest absolute Gasteiger partial charge is 0.508 e. The third-order valence-corrected chi connectivity index (χ3v) is 5.40. The maximum Gasteiger partial charge on any atom is 0.508 e. The van der Waals surface area contributed by atoms with Crippen molar-refractivity contribution in [3.63, 3.8) is 0 Å². The monoisotopic (exact) mass is 284 g/mol. The third-order valence-electron chi connectivity index (χ3n) is 5.40. The summed E-state index contributed by atoms with van der Waals surface area (Å²) in [6.07, 6.45) is 7.63. The molecule has 0 N–H and O–H groups in total. The summed E-state index contributed by atoms with van der Waals surface area (Å²) in [5, 5.41) is 0. The predicted molar refractivity (Wildman–Crippen MR) is 78.5 cm³/mol. The number of benzene rings is 1. The number of carbonyl (C=O) groups is 1. The Morgan fingerprint density at radius 1 is 1.14 bits per heavy atom. The van der Waals surface area contributed by atoms with Gasteiger partial charge in [-0.3, -0.25) is 0 Å². The van der Waals surface area contributed by atoms with Crippen LogP contribution in [0.2, 0.25) is 0 Å². The Labute approximate surface area is 124 Å². The first kappa shape index (κ1) is 12.9. The lowest BCUT2D eigenvalue weighted by Gasteiger charge is -2.30. The highest BCUT2D eigenvalue weighted by molar-refractivity contribution is 5.60. The lowest BCUT2D eigenvalue weighted by atomic mass is 9.80. The van der Waals surface area contributed by atoms with Gasteiger partial charge in [0.25, 0.3) is 0 Å². The number of carbonyl (C=O) groups excluding carboxylic acids is 1. The van der Waals surface area contributed by atoms with Crippen molar-refractivity contribution in [3.8, 4) is 0 Å². The normalized spacial score (nSPS) is 35.7. The molecule has 0 saturated heterocycles. The molecular formula is C18H20O3. The lowest BCUT2D eigenvalue weighted by Crippen LogP contribution is -2.32. The highest BCUT2D eigenvalue weighted by atomic mass is 16.7. The smallest absolute Gasteiger partial charge is 0.431 e. The van der Waals surface area contributed by atoms with E-state index >= 15 is 0 Å². The van der Waals surface area contributed by atoms with Crippen LogP contribution in [0.15, 0.2) is 42.5 Å². The van der Waals surface area contributed by atoms with Crippen molar-refractivity contribution in [2.75, 3.05) is 0 Å². The minimum Gasteiger partial charge on any atom is -0.431 e. The first-order chi connectivity index (χ1) is 10.3. The maximum absolute atomic E-state index is 11.9. The number of hydrogen-bond donors (Lipinski definition) is 0. The first-order valence-electron chi connectivity index (χ1n) is 7.85. The molecular weight excluding hydrogens is 264 g/mol. The SMILES string of the molecule is O=C(OCc1ccccc1)OC1CC2CC1C1C=CCC21. The van der Waals surface area contributed by atoms with E-state index in [4.69, 9.17) is 9.47 Å². The van der Waals surface area contributed by atoms with E-state index in [1.54, 1.807) is 0 Å². The summed E-state index contributed by atoms with van der Waals surface area (Å²) in [5.41, 5.74) is 0.987. The van der Waals surface area contributed by atoms with Gasteiger partial charge in [0.15, 0.2) is 0 Å². The van der Waals surface area contributed by atoms with Gasteiger partial charge in [-0.1, -0.05) is 42.5 Å². The molecule has 3 heteroatoms. The molecule has 0 aliphatic heterocycles. The molecule has 0 heterocycles. The molecule has 5 atom stereocenters. The van der Waals surface area contributed by atoms with Gasteiger partial charge in [0, 0.05) is 5.92 Å². The highest BCUT2D eigenvalue weighted by Gasteiger charge is 2.53. The lowest BCUT2D eigenvalue weighted by molar-refractivity contribution is -0.0111. The second-order valence-corrected chi connectivity index (χ2v) is 6.48. The van der Waals surface area contributed by atoms with Crippen LogP contribution >= 0.6 is 0 Å². The Hall–Kier alpha value is -1.77. The zero-order valence-corrected chi connectivity index (χ0v) is 12.0. The van der Waals surface area contributed by atoms with Crippen LogP contribution in [0.4, 0.5) is 4.79 Å². The summed E-state index contributed by atoms with van der Waals surface area (Å²) < 4.78 is 10.8. The molecule has 3 aliphatic carbocycles. The van der Waals surface area contributed by atoms with E-state index in [1.807, 2.05) is 30.3 Å². The van der Waals surface area contributed by atoms with Gasteiger partial charge in [0.2, 0.25) is 0 Å². The molecule has 1 aromatic rings. The number of fused-ring (bicyclic) bond motifs is 5. The summed E-state index contributed by atoms with van der Waals surface area (Å²) >= 11 is 0. The average molecular weight is 284 g/mol. The van der Waals surface area contributed by atoms with Crippen molar-refractivity contribution >= 4 is 6.16 Å². The molecule has 3 aliphatic rings. The molecule has 110 valence electrons. The van der Waals surface area contributed by atoms with Crippen molar-refractivity contribution in [3.05, 3.63) is 48.0 Å². The Morgan fingerprint density at radius 2 is 2.00 bits per heavy atom. The van der Waals surface area contributed by atoms with Gasteiger partial charge in [0.05, 0.1) is 0 Å². The molecule has 2 saturated carbocycles. The molecule has 21 heavy (non-hydrogen) atoms. The zero-order chi connectivity index (χ0) is 14.2. The van der Waals surface area contributed by atoms with Gasteiger partial charge >= 0.3 is 6.16 Å². The average Bonchev–Trinajstić information content (AvgIpc) is 3.18. The minimum absolute atomic E-state index is 0.0577. The van der Waals surface area contributed by atoms with Crippen LogP contribution in [0.5, 0.6) is 0 Å². The molecule has 5 unspecified atom stereocenters. The van der Waals surface area contributed by atoms with Crippen LogP contribution in [-0.2, 0) is 16.1 Å². The van der Waals surface area contributed by atoms with Crippen LogP contribution in [0.1, 0.15) is 24.8 Å². The van der Waals surface area contributed by atoms with Crippen molar-refractivity contribution in [2.24, 2.45) is 23.7 Å². The van der Waals surface area contributed by atoms with Gasteiger partial charge in [-0.25, -0.2) is 4.79 Å². The molecule has 4 rings (SSSR count). The molecule has 1 aromatic carbocycles.